The van der Waals surface area contributed by atoms with Crippen molar-refractivity contribution in [2.45, 2.75) is 9.79 Å². The molecule has 0 amide bonds. The molecule has 0 aliphatic carbocycles. The SMILES string of the molecule is c1ccc(-c2nc(-c3ccccc3)nc(-c3cc(-c4c(-c5ccccc5)cccc4-c4ccccc4)cnc3N3c4ccccc4Sc4ccccc43)n2)cc1. The van der Waals surface area contributed by atoms with Crippen LogP contribution in [0.15, 0.2) is 210 Å². The molecule has 5 nitrogen and oxygen atoms in total. The Balaban J connectivity index is 1.29. The summed E-state index contributed by atoms with van der Waals surface area (Å²) in [5.41, 5.74) is 11.2. The fourth-order valence-electron chi connectivity index (χ4n) is 7.38. The Labute approximate surface area is 330 Å². The Morgan fingerprint density at radius 2 is 0.786 bits per heavy atom. The Hall–Kier alpha value is -7.15. The molecule has 1 aliphatic heterocycles. The summed E-state index contributed by atoms with van der Waals surface area (Å²) in [4.78, 5) is 25.6. The average Bonchev–Trinajstić information content (AvgIpc) is 3.29. The average molecular weight is 736 g/mol. The van der Waals surface area contributed by atoms with Gasteiger partial charge in [-0.1, -0.05) is 176 Å². The van der Waals surface area contributed by atoms with Gasteiger partial charge in [-0.2, -0.15) is 0 Å². The molecular formula is C50H33N5S. The standard InChI is InChI=1S/C50H33N5S/c1-5-18-34(19-6-1)39-26-17-27-40(35-20-7-2-8-21-35)46(39)38-32-41(49-53-47(36-22-9-3-10-23-36)52-48(54-49)37-24-11-4-12-25-37)50(51-33-38)55-42-28-13-15-30-44(42)56-45-31-16-14-29-43(45)55/h1-33H. The molecule has 0 spiro atoms. The number of aromatic nitrogens is 4. The molecule has 264 valence electrons. The molecule has 0 fully saturated rings. The summed E-state index contributed by atoms with van der Waals surface area (Å²) in [6, 6.07) is 67.1. The quantitative estimate of drug-likeness (QED) is 0.162. The Bertz CT molecular complexity index is 2670. The molecule has 7 aromatic carbocycles. The topological polar surface area (TPSA) is 54.8 Å². The van der Waals surface area contributed by atoms with Gasteiger partial charge in [0.25, 0.3) is 0 Å². The molecule has 1 aliphatic rings. The minimum Gasteiger partial charge on any atom is -0.292 e. The van der Waals surface area contributed by atoms with E-state index in [0.29, 0.717) is 17.5 Å². The maximum Gasteiger partial charge on any atom is 0.167 e. The van der Waals surface area contributed by atoms with E-state index in [0.717, 1.165) is 77.1 Å². The summed E-state index contributed by atoms with van der Waals surface area (Å²) in [7, 11) is 0. The second-order valence-electron chi connectivity index (χ2n) is 13.5. The van der Waals surface area contributed by atoms with Crippen molar-refractivity contribution in [1.82, 2.24) is 19.9 Å². The maximum absolute atomic E-state index is 5.44. The molecular weight excluding hydrogens is 703 g/mol. The Morgan fingerprint density at radius 1 is 0.357 bits per heavy atom. The highest BCUT2D eigenvalue weighted by Gasteiger charge is 2.29. The summed E-state index contributed by atoms with van der Waals surface area (Å²) in [6.07, 6.45) is 2.01. The molecule has 0 saturated carbocycles. The summed E-state index contributed by atoms with van der Waals surface area (Å²) in [5, 5.41) is 0. The summed E-state index contributed by atoms with van der Waals surface area (Å²) < 4.78 is 0. The molecule has 0 radical (unpaired) electrons. The van der Waals surface area contributed by atoms with Crippen molar-refractivity contribution in [1.29, 1.82) is 0 Å². The lowest BCUT2D eigenvalue weighted by Gasteiger charge is -2.33. The van der Waals surface area contributed by atoms with Gasteiger partial charge in [0.15, 0.2) is 17.5 Å². The molecule has 3 heterocycles. The monoisotopic (exact) mass is 735 g/mol. The van der Waals surface area contributed by atoms with Gasteiger partial charge in [-0.15, -0.1) is 0 Å². The van der Waals surface area contributed by atoms with Gasteiger partial charge in [0, 0.05) is 32.7 Å². The van der Waals surface area contributed by atoms with Crippen LogP contribution in [0.2, 0.25) is 0 Å². The number of fused-ring (bicyclic) bond motifs is 2. The van der Waals surface area contributed by atoms with E-state index in [9.17, 15) is 0 Å². The maximum atomic E-state index is 5.44. The van der Waals surface area contributed by atoms with Crippen molar-refractivity contribution in [2.75, 3.05) is 4.90 Å². The first-order valence-corrected chi connectivity index (χ1v) is 19.4. The van der Waals surface area contributed by atoms with Gasteiger partial charge in [0.1, 0.15) is 5.82 Å². The van der Waals surface area contributed by atoms with Gasteiger partial charge in [-0.25, -0.2) is 19.9 Å². The molecule has 56 heavy (non-hydrogen) atoms. The molecule has 9 aromatic rings. The van der Waals surface area contributed by atoms with E-state index in [1.165, 1.54) is 0 Å². The van der Waals surface area contributed by atoms with E-state index in [2.05, 4.69) is 138 Å². The van der Waals surface area contributed by atoms with Gasteiger partial charge in [-0.05, 0) is 58.1 Å². The van der Waals surface area contributed by atoms with Crippen LogP contribution < -0.4 is 4.90 Å². The normalized spacial score (nSPS) is 11.8. The molecule has 10 rings (SSSR count). The van der Waals surface area contributed by atoms with Crippen LogP contribution >= 0.6 is 11.8 Å². The van der Waals surface area contributed by atoms with Crippen LogP contribution in [0.4, 0.5) is 17.2 Å². The van der Waals surface area contributed by atoms with Gasteiger partial charge in [0.2, 0.25) is 0 Å². The van der Waals surface area contributed by atoms with Crippen molar-refractivity contribution in [3.05, 3.63) is 200 Å². The van der Waals surface area contributed by atoms with Crippen LogP contribution in [0, 0.1) is 0 Å². The zero-order valence-corrected chi connectivity index (χ0v) is 31.0. The number of rotatable bonds is 7. The van der Waals surface area contributed by atoms with Crippen molar-refractivity contribution in [2.24, 2.45) is 0 Å². The number of hydrogen-bond donors (Lipinski definition) is 0. The van der Waals surface area contributed by atoms with E-state index >= 15 is 0 Å². The first-order chi connectivity index (χ1) is 27.8. The first kappa shape index (κ1) is 33.4. The minimum absolute atomic E-state index is 0.536. The fourth-order valence-corrected chi connectivity index (χ4v) is 8.44. The molecule has 0 N–H and O–H groups in total. The van der Waals surface area contributed by atoms with Crippen molar-refractivity contribution in [3.8, 4) is 67.5 Å². The van der Waals surface area contributed by atoms with Gasteiger partial charge in [0.05, 0.1) is 16.9 Å². The van der Waals surface area contributed by atoms with E-state index in [4.69, 9.17) is 19.9 Å². The highest BCUT2D eigenvalue weighted by molar-refractivity contribution is 7.99. The first-order valence-electron chi connectivity index (χ1n) is 18.6. The number of anilines is 3. The number of nitrogens with zero attached hydrogens (tertiary/aromatic N) is 5. The zero-order valence-electron chi connectivity index (χ0n) is 30.2. The number of para-hydroxylation sites is 2. The molecule has 6 heteroatoms. The predicted molar refractivity (Wildman–Crippen MR) is 229 cm³/mol. The van der Waals surface area contributed by atoms with E-state index in [1.54, 1.807) is 11.8 Å². The third-order valence-corrected chi connectivity index (χ3v) is 11.1. The molecule has 2 aromatic heterocycles. The highest BCUT2D eigenvalue weighted by Crippen LogP contribution is 2.53. The summed E-state index contributed by atoms with van der Waals surface area (Å²) in [5.74, 6) is 2.45. The fraction of sp³-hybridized carbons (Fsp3) is 0. The van der Waals surface area contributed by atoms with Crippen molar-refractivity contribution in [3.63, 3.8) is 0 Å². The van der Waals surface area contributed by atoms with Crippen molar-refractivity contribution < 1.29 is 0 Å². The van der Waals surface area contributed by atoms with E-state index in [1.807, 2.05) is 66.9 Å². The second-order valence-corrected chi connectivity index (χ2v) is 14.6. The molecule has 0 bridgehead atoms. The molecule has 0 saturated heterocycles. The highest BCUT2D eigenvalue weighted by atomic mass is 32.2. The lowest BCUT2D eigenvalue weighted by Crippen LogP contribution is -2.17. The lowest BCUT2D eigenvalue weighted by atomic mass is 9.87. The van der Waals surface area contributed by atoms with E-state index in [-0.39, 0.29) is 0 Å². The molecule has 0 unspecified atom stereocenters. The van der Waals surface area contributed by atoms with Crippen LogP contribution in [0.5, 0.6) is 0 Å². The Morgan fingerprint density at radius 3 is 1.29 bits per heavy atom. The van der Waals surface area contributed by atoms with Crippen LogP contribution in [0.25, 0.3) is 67.5 Å². The zero-order chi connectivity index (χ0) is 37.3. The van der Waals surface area contributed by atoms with Crippen LogP contribution in [0.1, 0.15) is 0 Å². The van der Waals surface area contributed by atoms with E-state index < -0.39 is 0 Å². The minimum atomic E-state index is 0.536. The van der Waals surface area contributed by atoms with Gasteiger partial charge < -0.3 is 0 Å². The second kappa shape index (κ2) is 14.6. The third kappa shape index (κ3) is 6.22. The molecule has 0 atom stereocenters. The third-order valence-electron chi connectivity index (χ3n) is 9.97. The number of pyridine rings is 1. The van der Waals surface area contributed by atoms with Gasteiger partial charge in [-0.3, -0.25) is 4.90 Å². The van der Waals surface area contributed by atoms with Gasteiger partial charge >= 0.3 is 0 Å². The van der Waals surface area contributed by atoms with Crippen LogP contribution in [-0.2, 0) is 0 Å². The summed E-state index contributed by atoms with van der Waals surface area (Å²) in [6.45, 7) is 0. The van der Waals surface area contributed by atoms with Crippen molar-refractivity contribution >= 4 is 29.0 Å². The number of hydrogen-bond acceptors (Lipinski definition) is 6. The lowest BCUT2D eigenvalue weighted by molar-refractivity contribution is 1.06. The number of benzene rings is 7. The van der Waals surface area contributed by atoms with Crippen LogP contribution in [-0.4, -0.2) is 19.9 Å². The van der Waals surface area contributed by atoms with Crippen LogP contribution in [0.3, 0.4) is 0 Å². The largest absolute Gasteiger partial charge is 0.292 e. The Kier molecular flexibility index (Phi) is 8.71. The summed E-state index contributed by atoms with van der Waals surface area (Å²) >= 11 is 1.77. The smallest absolute Gasteiger partial charge is 0.167 e. The predicted octanol–water partition coefficient (Wildman–Crippen LogP) is 13.2.